The van der Waals surface area contributed by atoms with Gasteiger partial charge in [-0.3, -0.25) is 4.79 Å². The number of hydrogen-bond donors (Lipinski definition) is 1. The average Bonchev–Trinajstić information content (AvgIpc) is 2.31. The van der Waals surface area contributed by atoms with E-state index < -0.39 is 16.2 Å². The first-order valence-electron chi connectivity index (χ1n) is 5.15. The summed E-state index contributed by atoms with van der Waals surface area (Å²) in [5.41, 5.74) is 0. The van der Waals surface area contributed by atoms with Crippen LogP contribution < -0.4 is 4.72 Å². The SMILES string of the molecule is C#CCCCNS(=O)(=O)N(C)CCC(=O)OC. The lowest BCUT2D eigenvalue weighted by Gasteiger charge is -2.16. The van der Waals surface area contributed by atoms with E-state index in [-0.39, 0.29) is 19.5 Å². The molecule has 0 aromatic carbocycles. The number of terminal acetylenes is 1. The first-order chi connectivity index (χ1) is 7.94. The van der Waals surface area contributed by atoms with Gasteiger partial charge in [-0.25, -0.2) is 4.72 Å². The van der Waals surface area contributed by atoms with Crippen LogP contribution in [0.15, 0.2) is 0 Å². The van der Waals surface area contributed by atoms with E-state index in [1.54, 1.807) is 0 Å². The number of hydrogen-bond acceptors (Lipinski definition) is 4. The number of nitrogens with one attached hydrogen (secondary N) is 1. The summed E-state index contributed by atoms with van der Waals surface area (Å²) in [4.78, 5) is 10.9. The van der Waals surface area contributed by atoms with Gasteiger partial charge in [0.2, 0.25) is 0 Å². The topological polar surface area (TPSA) is 75.7 Å². The molecule has 0 aromatic rings. The van der Waals surface area contributed by atoms with E-state index in [4.69, 9.17) is 6.42 Å². The third kappa shape index (κ3) is 6.94. The molecule has 0 saturated carbocycles. The van der Waals surface area contributed by atoms with Crippen LogP contribution in [-0.4, -0.2) is 45.9 Å². The smallest absolute Gasteiger partial charge is 0.306 e. The van der Waals surface area contributed by atoms with E-state index in [0.717, 1.165) is 4.31 Å². The first kappa shape index (κ1) is 15.9. The monoisotopic (exact) mass is 262 g/mol. The molecule has 0 fully saturated rings. The second-order valence-corrected chi connectivity index (χ2v) is 5.22. The number of carbonyl (C=O) groups is 1. The molecule has 0 bridgehead atoms. The molecule has 0 saturated heterocycles. The van der Waals surface area contributed by atoms with E-state index in [0.29, 0.717) is 12.8 Å². The number of ether oxygens (including phenoxy) is 1. The van der Waals surface area contributed by atoms with Crippen molar-refractivity contribution in [2.75, 3.05) is 27.2 Å². The summed E-state index contributed by atoms with van der Waals surface area (Å²) in [7, 11) is -0.884. The van der Waals surface area contributed by atoms with Crippen molar-refractivity contribution in [2.24, 2.45) is 0 Å². The van der Waals surface area contributed by atoms with Gasteiger partial charge in [-0.2, -0.15) is 12.7 Å². The molecule has 0 heterocycles. The Morgan fingerprint density at radius 3 is 2.71 bits per heavy atom. The number of esters is 1. The average molecular weight is 262 g/mol. The van der Waals surface area contributed by atoms with Crippen LogP contribution in [0.25, 0.3) is 0 Å². The Bertz CT molecular complexity index is 372. The van der Waals surface area contributed by atoms with E-state index in [1.807, 2.05) is 0 Å². The minimum atomic E-state index is -3.54. The molecular formula is C10H18N2O4S. The lowest BCUT2D eigenvalue weighted by atomic mass is 10.3. The van der Waals surface area contributed by atoms with Gasteiger partial charge in [-0.15, -0.1) is 12.3 Å². The fourth-order valence-electron chi connectivity index (χ4n) is 0.973. The summed E-state index contributed by atoms with van der Waals surface area (Å²) >= 11 is 0. The minimum absolute atomic E-state index is 0.0261. The molecule has 0 radical (unpaired) electrons. The quantitative estimate of drug-likeness (QED) is 0.371. The maximum Gasteiger partial charge on any atom is 0.306 e. The highest BCUT2D eigenvalue weighted by Gasteiger charge is 2.17. The van der Waals surface area contributed by atoms with E-state index >= 15 is 0 Å². The molecular weight excluding hydrogens is 244 g/mol. The van der Waals surface area contributed by atoms with Crippen LogP contribution in [0.1, 0.15) is 19.3 Å². The summed E-state index contributed by atoms with van der Waals surface area (Å²) in [5, 5.41) is 0. The highest BCUT2D eigenvalue weighted by Crippen LogP contribution is 1.97. The predicted molar refractivity (Wildman–Crippen MR) is 64.3 cm³/mol. The van der Waals surface area contributed by atoms with Crippen LogP contribution in [0, 0.1) is 12.3 Å². The van der Waals surface area contributed by atoms with Gasteiger partial charge in [0, 0.05) is 26.6 Å². The van der Waals surface area contributed by atoms with Crippen molar-refractivity contribution in [3.05, 3.63) is 0 Å². The largest absolute Gasteiger partial charge is 0.469 e. The van der Waals surface area contributed by atoms with Crippen molar-refractivity contribution in [3.63, 3.8) is 0 Å². The van der Waals surface area contributed by atoms with Crippen LogP contribution in [0.4, 0.5) is 0 Å². The summed E-state index contributed by atoms with van der Waals surface area (Å²) in [6, 6.07) is 0. The molecule has 0 aliphatic carbocycles. The molecule has 0 rings (SSSR count). The molecule has 0 aromatic heterocycles. The Hall–Kier alpha value is -1.10. The zero-order valence-electron chi connectivity index (χ0n) is 10.1. The zero-order chi connectivity index (χ0) is 13.3. The van der Waals surface area contributed by atoms with Gasteiger partial charge >= 0.3 is 5.97 Å². The maximum absolute atomic E-state index is 11.6. The highest BCUT2D eigenvalue weighted by molar-refractivity contribution is 7.87. The highest BCUT2D eigenvalue weighted by atomic mass is 32.2. The Balaban J connectivity index is 4.04. The molecule has 98 valence electrons. The molecule has 1 N–H and O–H groups in total. The zero-order valence-corrected chi connectivity index (χ0v) is 10.9. The Kier molecular flexibility index (Phi) is 7.54. The van der Waals surface area contributed by atoms with Gasteiger partial charge in [0.25, 0.3) is 10.2 Å². The third-order valence-electron chi connectivity index (χ3n) is 2.05. The molecule has 0 unspecified atom stereocenters. The summed E-state index contributed by atoms with van der Waals surface area (Å²) in [5.74, 6) is 1.98. The van der Waals surface area contributed by atoms with E-state index in [9.17, 15) is 13.2 Å². The molecule has 0 atom stereocenters. The van der Waals surface area contributed by atoms with Gasteiger partial charge in [-0.1, -0.05) is 0 Å². The number of carbonyl (C=O) groups excluding carboxylic acids is 1. The fraction of sp³-hybridized carbons (Fsp3) is 0.700. The normalized spacial score (nSPS) is 11.2. The van der Waals surface area contributed by atoms with Gasteiger partial charge in [-0.05, 0) is 6.42 Å². The second-order valence-electron chi connectivity index (χ2n) is 3.35. The van der Waals surface area contributed by atoms with Crippen LogP contribution in [0.2, 0.25) is 0 Å². The van der Waals surface area contributed by atoms with Crippen molar-refractivity contribution >= 4 is 16.2 Å². The van der Waals surface area contributed by atoms with Crippen LogP contribution in [0.3, 0.4) is 0 Å². The molecule has 7 heteroatoms. The standard InChI is InChI=1S/C10H18N2O4S/c1-4-5-6-8-11-17(14,15)12(2)9-7-10(13)16-3/h1,11H,5-9H2,2-3H3. The van der Waals surface area contributed by atoms with Crippen LogP contribution in [0.5, 0.6) is 0 Å². The molecule has 0 spiro atoms. The number of unbranched alkanes of at least 4 members (excludes halogenated alkanes) is 1. The molecule has 17 heavy (non-hydrogen) atoms. The molecule has 6 nitrogen and oxygen atoms in total. The number of rotatable bonds is 8. The van der Waals surface area contributed by atoms with Crippen LogP contribution >= 0.6 is 0 Å². The third-order valence-corrected chi connectivity index (χ3v) is 3.62. The first-order valence-corrected chi connectivity index (χ1v) is 6.59. The van der Waals surface area contributed by atoms with E-state index in [2.05, 4.69) is 15.4 Å². The fourth-order valence-corrected chi connectivity index (χ4v) is 1.93. The van der Waals surface area contributed by atoms with Crippen molar-refractivity contribution in [3.8, 4) is 12.3 Å². The van der Waals surface area contributed by atoms with Crippen molar-refractivity contribution in [1.82, 2.24) is 9.03 Å². The van der Waals surface area contributed by atoms with Crippen LogP contribution in [-0.2, 0) is 19.7 Å². The minimum Gasteiger partial charge on any atom is -0.469 e. The Labute approximate surface area is 103 Å². The number of nitrogens with zero attached hydrogens (tertiary/aromatic N) is 1. The number of methoxy groups -OCH3 is 1. The van der Waals surface area contributed by atoms with Crippen molar-refractivity contribution in [2.45, 2.75) is 19.3 Å². The molecule has 0 amide bonds. The summed E-state index contributed by atoms with van der Waals surface area (Å²) in [6.07, 6.45) is 6.18. The lowest BCUT2D eigenvalue weighted by molar-refractivity contribution is -0.140. The molecule has 0 aliphatic rings. The summed E-state index contributed by atoms with van der Waals surface area (Å²) < 4.78 is 31.1. The van der Waals surface area contributed by atoms with Gasteiger partial charge < -0.3 is 4.74 Å². The van der Waals surface area contributed by atoms with Gasteiger partial charge in [0.05, 0.1) is 13.5 Å². The predicted octanol–water partition coefficient (Wildman–Crippen LogP) is -0.271. The lowest BCUT2D eigenvalue weighted by Crippen LogP contribution is -2.39. The Morgan fingerprint density at radius 1 is 1.53 bits per heavy atom. The Morgan fingerprint density at radius 2 is 2.18 bits per heavy atom. The van der Waals surface area contributed by atoms with E-state index in [1.165, 1.54) is 14.2 Å². The maximum atomic E-state index is 11.6. The van der Waals surface area contributed by atoms with Gasteiger partial charge in [0.15, 0.2) is 0 Å². The molecule has 0 aliphatic heterocycles. The summed E-state index contributed by atoms with van der Waals surface area (Å²) in [6.45, 7) is 0.367. The second kappa shape index (κ2) is 8.06. The van der Waals surface area contributed by atoms with Crippen molar-refractivity contribution < 1.29 is 17.9 Å². The van der Waals surface area contributed by atoms with Crippen molar-refractivity contribution in [1.29, 1.82) is 0 Å². The van der Waals surface area contributed by atoms with Gasteiger partial charge in [0.1, 0.15) is 0 Å².